The van der Waals surface area contributed by atoms with Crippen molar-refractivity contribution in [2.24, 2.45) is 0 Å². The van der Waals surface area contributed by atoms with Crippen molar-refractivity contribution < 1.29 is 0 Å². The molecule has 1 heterocycles. The molecule has 5 rings (SSSR count). The molecule has 0 aromatic heterocycles. The summed E-state index contributed by atoms with van der Waals surface area (Å²) in [5, 5.41) is 0.359. The summed E-state index contributed by atoms with van der Waals surface area (Å²) in [6, 6.07) is 46.7. The van der Waals surface area contributed by atoms with Gasteiger partial charge in [-0.05, 0) is 0 Å². The SMILES string of the molecule is CC(C)(C)[Si](C)(C)[C]1=C(c2ccccc2)C(c2ccccc2)=[C]([Si](C)(C)C(C)(C)C)[Sn]1([c]1ccccc1)[c]1ccccc1. The van der Waals surface area contributed by atoms with Crippen LogP contribution in [0.2, 0.25) is 36.3 Å². The van der Waals surface area contributed by atoms with E-state index in [0.29, 0.717) is 0 Å². The summed E-state index contributed by atoms with van der Waals surface area (Å²) in [5.41, 5.74) is 5.93. The van der Waals surface area contributed by atoms with Gasteiger partial charge in [0, 0.05) is 0 Å². The molecule has 0 fully saturated rings. The molecule has 1 aliphatic heterocycles. The Balaban J connectivity index is 2.19. The molecule has 0 saturated heterocycles. The molecule has 4 aromatic rings. The van der Waals surface area contributed by atoms with Crippen molar-refractivity contribution in [3.05, 3.63) is 139 Å². The molecule has 0 spiro atoms. The first-order valence-corrected chi connectivity index (χ1v) is 27.6. The van der Waals surface area contributed by atoms with E-state index in [9.17, 15) is 0 Å². The van der Waals surface area contributed by atoms with Crippen LogP contribution in [0.3, 0.4) is 0 Å². The van der Waals surface area contributed by atoms with Gasteiger partial charge in [0.05, 0.1) is 0 Å². The normalized spacial score (nSPS) is 16.1. The third-order valence-corrected chi connectivity index (χ3v) is 49.8. The van der Waals surface area contributed by atoms with Gasteiger partial charge in [0.25, 0.3) is 0 Å². The Labute approximate surface area is 267 Å². The van der Waals surface area contributed by atoms with E-state index in [0.717, 1.165) is 0 Å². The summed E-state index contributed by atoms with van der Waals surface area (Å²) >= 11 is -3.96. The fourth-order valence-electron chi connectivity index (χ4n) is 6.97. The number of hydrogen-bond acceptors (Lipinski definition) is 0. The minimum atomic E-state index is -3.96. The van der Waals surface area contributed by atoms with Crippen LogP contribution in [-0.2, 0) is 0 Å². The third kappa shape index (κ3) is 5.21. The number of hydrogen-bond donors (Lipinski definition) is 0. The van der Waals surface area contributed by atoms with E-state index in [1.54, 1.807) is 18.3 Å². The second-order valence-corrected chi connectivity index (χ2v) is 39.2. The van der Waals surface area contributed by atoms with E-state index in [4.69, 9.17) is 0 Å². The van der Waals surface area contributed by atoms with E-state index in [1.165, 1.54) is 11.1 Å². The molecule has 3 heteroatoms. The summed E-state index contributed by atoms with van der Waals surface area (Å²) in [6.45, 7) is 25.9. The van der Waals surface area contributed by atoms with Crippen molar-refractivity contribution in [1.29, 1.82) is 0 Å². The molecule has 0 unspecified atom stereocenters. The Morgan fingerprint density at radius 2 is 0.651 bits per heavy atom. The predicted octanol–water partition coefficient (Wildman–Crippen LogP) is 10.3. The van der Waals surface area contributed by atoms with Crippen LogP contribution >= 0.6 is 0 Å². The topological polar surface area (TPSA) is 0 Å². The third-order valence-electron chi connectivity index (χ3n) is 11.0. The molecular formula is C40H50Si2Sn. The second-order valence-electron chi connectivity index (χ2n) is 15.5. The monoisotopic (exact) mass is 706 g/mol. The van der Waals surface area contributed by atoms with E-state index < -0.39 is 34.5 Å². The Morgan fingerprint density at radius 3 is 0.907 bits per heavy atom. The van der Waals surface area contributed by atoms with Gasteiger partial charge in [0.2, 0.25) is 0 Å². The number of allylic oxidation sites excluding steroid dienone is 2. The van der Waals surface area contributed by atoms with Gasteiger partial charge in [-0.25, -0.2) is 0 Å². The summed E-state index contributed by atoms with van der Waals surface area (Å²) in [7, 11) is -4.24. The van der Waals surface area contributed by atoms with Crippen LogP contribution in [0.15, 0.2) is 128 Å². The van der Waals surface area contributed by atoms with Crippen LogP contribution in [0.25, 0.3) is 11.1 Å². The molecule has 0 amide bonds. The summed E-state index contributed by atoms with van der Waals surface area (Å²) in [4.78, 5) is 0. The fraction of sp³-hybridized carbons (Fsp3) is 0.300. The molecule has 1 aliphatic rings. The zero-order valence-corrected chi connectivity index (χ0v) is 32.9. The molecular weight excluding hydrogens is 655 g/mol. The van der Waals surface area contributed by atoms with Gasteiger partial charge < -0.3 is 0 Å². The van der Waals surface area contributed by atoms with Crippen molar-refractivity contribution in [1.82, 2.24) is 0 Å². The summed E-state index contributed by atoms with van der Waals surface area (Å²) in [5.74, 6) is 0. The predicted molar refractivity (Wildman–Crippen MR) is 199 cm³/mol. The molecule has 0 nitrogen and oxygen atoms in total. The van der Waals surface area contributed by atoms with E-state index >= 15 is 0 Å². The van der Waals surface area contributed by atoms with Gasteiger partial charge in [-0.3, -0.25) is 0 Å². The van der Waals surface area contributed by atoms with E-state index in [-0.39, 0.29) is 10.1 Å². The summed E-state index contributed by atoms with van der Waals surface area (Å²) < 4.78 is 6.97. The van der Waals surface area contributed by atoms with Gasteiger partial charge in [0.15, 0.2) is 0 Å². The van der Waals surface area contributed by atoms with Gasteiger partial charge in [-0.2, -0.15) is 0 Å². The maximum absolute atomic E-state index is 3.96. The average molecular weight is 706 g/mol. The molecule has 43 heavy (non-hydrogen) atoms. The average Bonchev–Trinajstić information content (AvgIpc) is 3.32. The van der Waals surface area contributed by atoms with E-state index in [2.05, 4.69) is 189 Å². The van der Waals surface area contributed by atoms with Gasteiger partial charge in [-0.1, -0.05) is 0 Å². The first-order chi connectivity index (χ1) is 20.2. The van der Waals surface area contributed by atoms with Gasteiger partial charge in [-0.15, -0.1) is 0 Å². The van der Waals surface area contributed by atoms with Crippen LogP contribution in [0.1, 0.15) is 52.7 Å². The molecule has 0 saturated carbocycles. The molecule has 4 aromatic carbocycles. The number of rotatable bonds is 6. The Hall–Kier alpha value is -2.41. The van der Waals surface area contributed by atoms with E-state index in [1.807, 2.05) is 6.42 Å². The van der Waals surface area contributed by atoms with Crippen LogP contribution in [-0.4, -0.2) is 34.5 Å². The maximum atomic E-state index is 2.69. The van der Waals surface area contributed by atoms with Crippen LogP contribution in [0.5, 0.6) is 0 Å². The molecule has 222 valence electrons. The Morgan fingerprint density at radius 1 is 0.395 bits per heavy atom. The minimum absolute atomic E-state index is 0.179. The van der Waals surface area contributed by atoms with Crippen LogP contribution in [0.4, 0.5) is 0 Å². The van der Waals surface area contributed by atoms with Gasteiger partial charge in [0.1, 0.15) is 0 Å². The molecule has 0 radical (unpaired) electrons. The number of benzene rings is 4. The van der Waals surface area contributed by atoms with Crippen molar-refractivity contribution >= 4 is 52.8 Å². The molecule has 0 N–H and O–H groups in total. The Kier molecular flexibility index (Phi) is 8.56. The van der Waals surface area contributed by atoms with Crippen molar-refractivity contribution in [2.75, 3.05) is 0 Å². The van der Waals surface area contributed by atoms with Gasteiger partial charge >= 0.3 is 270 Å². The molecule has 0 bridgehead atoms. The quantitative estimate of drug-likeness (QED) is 0.175. The van der Waals surface area contributed by atoms with Crippen molar-refractivity contribution in [3.63, 3.8) is 0 Å². The standard InChI is InChI=1S/C28H40Si2.2C6H5.Sn/c1-27(2,3)29(7,8)21-25(23-17-13-11-14-18-23)26(24-19-15-12-16-20-24)22-30(9,10)28(4,5)6;2*1-2-4-6-5-3-1;/h11-20H,1-10H3;2*1-5H;. The van der Waals surface area contributed by atoms with Crippen LogP contribution in [0, 0.1) is 0 Å². The zero-order chi connectivity index (χ0) is 31.3. The summed E-state index contributed by atoms with van der Waals surface area (Å²) in [6.07, 6.45) is 0. The van der Waals surface area contributed by atoms with Crippen molar-refractivity contribution in [3.8, 4) is 0 Å². The fourth-order valence-corrected chi connectivity index (χ4v) is 53.6. The first kappa shape index (κ1) is 32.0. The second kappa shape index (κ2) is 11.5. The Bertz CT molecular complexity index is 1510. The zero-order valence-electron chi connectivity index (χ0n) is 28.0. The molecule has 0 aliphatic carbocycles. The first-order valence-electron chi connectivity index (χ1n) is 15.9. The van der Waals surface area contributed by atoms with Crippen LogP contribution < -0.4 is 7.16 Å². The van der Waals surface area contributed by atoms with Crippen molar-refractivity contribution in [2.45, 2.75) is 77.8 Å². The molecule has 0 atom stereocenters.